The van der Waals surface area contributed by atoms with Crippen LogP contribution in [0, 0.1) is 13.8 Å². The third-order valence-electron chi connectivity index (χ3n) is 3.11. The second-order valence-corrected chi connectivity index (χ2v) is 4.56. The van der Waals surface area contributed by atoms with Gasteiger partial charge < -0.3 is 5.73 Å². The molecule has 2 aromatic heterocycles. The standard InChI is InChI=1S/C13H15N5/c1-8-3-5-10(6-4-8)7-18-13-11(9(2)17-18)12(14)15-16-13/h3-6H,7H2,1-2H3,(H3,14,15,16). The molecule has 0 amide bonds. The molecule has 5 nitrogen and oxygen atoms in total. The lowest BCUT2D eigenvalue weighted by Gasteiger charge is -2.02. The van der Waals surface area contributed by atoms with Gasteiger partial charge in [-0.05, 0) is 19.4 Å². The Morgan fingerprint density at radius 3 is 2.67 bits per heavy atom. The number of H-pyrrole nitrogens is 1. The molecule has 0 radical (unpaired) electrons. The van der Waals surface area contributed by atoms with Gasteiger partial charge in [-0.25, -0.2) is 4.68 Å². The molecule has 3 N–H and O–H groups in total. The summed E-state index contributed by atoms with van der Waals surface area (Å²) in [6, 6.07) is 8.41. The smallest absolute Gasteiger partial charge is 0.182 e. The molecular formula is C13H15N5. The first-order chi connectivity index (χ1) is 8.65. The molecule has 0 unspecified atom stereocenters. The summed E-state index contributed by atoms with van der Waals surface area (Å²) in [7, 11) is 0. The summed E-state index contributed by atoms with van der Waals surface area (Å²) in [6.07, 6.45) is 0. The summed E-state index contributed by atoms with van der Waals surface area (Å²) in [6.45, 7) is 4.73. The number of nitrogens with two attached hydrogens (primary N) is 1. The highest BCUT2D eigenvalue weighted by Gasteiger charge is 2.13. The van der Waals surface area contributed by atoms with E-state index in [1.54, 1.807) is 0 Å². The van der Waals surface area contributed by atoms with Crippen LogP contribution in [0.15, 0.2) is 24.3 Å². The molecule has 0 saturated heterocycles. The van der Waals surface area contributed by atoms with E-state index in [0.29, 0.717) is 12.4 Å². The van der Waals surface area contributed by atoms with E-state index in [2.05, 4.69) is 46.5 Å². The van der Waals surface area contributed by atoms with Crippen molar-refractivity contribution in [2.75, 3.05) is 5.73 Å². The van der Waals surface area contributed by atoms with Crippen molar-refractivity contribution in [3.63, 3.8) is 0 Å². The zero-order valence-electron chi connectivity index (χ0n) is 10.4. The van der Waals surface area contributed by atoms with Crippen molar-refractivity contribution >= 4 is 16.9 Å². The molecule has 5 heteroatoms. The van der Waals surface area contributed by atoms with E-state index < -0.39 is 0 Å². The fraction of sp³-hybridized carbons (Fsp3) is 0.231. The first-order valence-electron chi connectivity index (χ1n) is 5.87. The van der Waals surface area contributed by atoms with Gasteiger partial charge >= 0.3 is 0 Å². The van der Waals surface area contributed by atoms with Gasteiger partial charge in [0.05, 0.1) is 17.6 Å². The molecule has 92 valence electrons. The van der Waals surface area contributed by atoms with E-state index in [1.165, 1.54) is 11.1 Å². The first-order valence-corrected chi connectivity index (χ1v) is 5.87. The molecule has 0 atom stereocenters. The van der Waals surface area contributed by atoms with Gasteiger partial charge in [0.2, 0.25) is 0 Å². The van der Waals surface area contributed by atoms with Crippen LogP contribution in [0.2, 0.25) is 0 Å². The minimum Gasteiger partial charge on any atom is -0.383 e. The second-order valence-electron chi connectivity index (χ2n) is 4.56. The highest BCUT2D eigenvalue weighted by Crippen LogP contribution is 2.22. The summed E-state index contributed by atoms with van der Waals surface area (Å²) in [5, 5.41) is 12.4. The lowest BCUT2D eigenvalue weighted by atomic mass is 10.1. The summed E-state index contributed by atoms with van der Waals surface area (Å²) in [4.78, 5) is 0. The molecule has 0 fully saturated rings. The summed E-state index contributed by atoms with van der Waals surface area (Å²) < 4.78 is 1.88. The van der Waals surface area contributed by atoms with Crippen LogP contribution in [-0.4, -0.2) is 20.0 Å². The topological polar surface area (TPSA) is 72.5 Å². The minimum absolute atomic E-state index is 0.581. The van der Waals surface area contributed by atoms with E-state index >= 15 is 0 Å². The molecule has 0 aliphatic carbocycles. The van der Waals surface area contributed by atoms with Crippen LogP contribution >= 0.6 is 0 Å². The highest BCUT2D eigenvalue weighted by atomic mass is 15.3. The maximum Gasteiger partial charge on any atom is 0.182 e. The van der Waals surface area contributed by atoms with E-state index in [1.807, 2.05) is 11.6 Å². The number of nitrogens with one attached hydrogen (secondary N) is 1. The van der Waals surface area contributed by atoms with Crippen LogP contribution < -0.4 is 5.73 Å². The van der Waals surface area contributed by atoms with Crippen LogP contribution in [0.3, 0.4) is 0 Å². The van der Waals surface area contributed by atoms with Gasteiger partial charge in [-0.3, -0.25) is 5.10 Å². The summed E-state index contributed by atoms with van der Waals surface area (Å²) >= 11 is 0. The number of aromatic amines is 1. The Hall–Kier alpha value is -2.30. The summed E-state index contributed by atoms with van der Waals surface area (Å²) in [5.74, 6) is 0.581. The number of aromatic nitrogens is 4. The van der Waals surface area contributed by atoms with Gasteiger partial charge in [-0.1, -0.05) is 29.8 Å². The van der Waals surface area contributed by atoms with E-state index in [-0.39, 0.29) is 0 Å². The van der Waals surface area contributed by atoms with Crippen LogP contribution in [0.25, 0.3) is 11.0 Å². The zero-order chi connectivity index (χ0) is 12.7. The van der Waals surface area contributed by atoms with Crippen molar-refractivity contribution in [1.29, 1.82) is 0 Å². The van der Waals surface area contributed by atoms with Crippen molar-refractivity contribution in [1.82, 2.24) is 20.0 Å². The minimum atomic E-state index is 0.581. The Labute approximate surface area is 105 Å². The lowest BCUT2D eigenvalue weighted by Crippen LogP contribution is -2.02. The first kappa shape index (κ1) is 10.8. The second kappa shape index (κ2) is 3.87. The molecule has 0 spiro atoms. The van der Waals surface area contributed by atoms with Crippen molar-refractivity contribution in [2.24, 2.45) is 0 Å². The van der Waals surface area contributed by atoms with Gasteiger partial charge in [0.15, 0.2) is 5.65 Å². The third kappa shape index (κ3) is 1.64. The number of rotatable bonds is 2. The molecule has 3 aromatic rings. The van der Waals surface area contributed by atoms with E-state index in [0.717, 1.165) is 16.7 Å². The SMILES string of the molecule is Cc1ccc(Cn2nc(C)c3c(N)[nH]nc32)cc1. The summed E-state index contributed by atoms with van der Waals surface area (Å²) in [5.41, 5.74) is 10.0. The number of nitrogen functional groups attached to an aromatic ring is 1. The van der Waals surface area contributed by atoms with E-state index in [4.69, 9.17) is 5.73 Å². The average Bonchev–Trinajstić information content (AvgIpc) is 2.86. The number of hydrogen-bond donors (Lipinski definition) is 2. The predicted molar refractivity (Wildman–Crippen MR) is 71.3 cm³/mol. The normalized spacial score (nSPS) is 11.2. The molecule has 18 heavy (non-hydrogen) atoms. The average molecular weight is 241 g/mol. The molecule has 2 heterocycles. The maximum absolute atomic E-state index is 5.83. The number of benzene rings is 1. The quantitative estimate of drug-likeness (QED) is 0.720. The maximum atomic E-state index is 5.83. The van der Waals surface area contributed by atoms with Crippen LogP contribution in [0.4, 0.5) is 5.82 Å². The Morgan fingerprint density at radius 1 is 1.22 bits per heavy atom. The number of aryl methyl sites for hydroxylation is 2. The molecule has 0 bridgehead atoms. The van der Waals surface area contributed by atoms with Crippen molar-refractivity contribution in [2.45, 2.75) is 20.4 Å². The monoisotopic (exact) mass is 241 g/mol. The largest absolute Gasteiger partial charge is 0.383 e. The van der Waals surface area contributed by atoms with Gasteiger partial charge in [-0.15, -0.1) is 0 Å². The van der Waals surface area contributed by atoms with Crippen molar-refractivity contribution in [3.05, 3.63) is 41.1 Å². The Morgan fingerprint density at radius 2 is 1.94 bits per heavy atom. The van der Waals surface area contributed by atoms with Crippen LogP contribution in [-0.2, 0) is 6.54 Å². The van der Waals surface area contributed by atoms with Gasteiger partial charge in [0.1, 0.15) is 5.82 Å². The van der Waals surface area contributed by atoms with Gasteiger partial charge in [-0.2, -0.15) is 10.2 Å². The fourth-order valence-electron chi connectivity index (χ4n) is 2.14. The number of fused-ring (bicyclic) bond motifs is 1. The Bertz CT molecular complexity index is 690. The number of anilines is 1. The third-order valence-corrected chi connectivity index (χ3v) is 3.11. The highest BCUT2D eigenvalue weighted by molar-refractivity contribution is 5.88. The molecule has 0 saturated carbocycles. The Balaban J connectivity index is 2.02. The Kier molecular flexibility index (Phi) is 2.33. The van der Waals surface area contributed by atoms with Gasteiger partial charge in [0.25, 0.3) is 0 Å². The number of nitrogens with zero attached hydrogens (tertiary/aromatic N) is 3. The molecule has 3 rings (SSSR count). The van der Waals surface area contributed by atoms with Crippen LogP contribution in [0.1, 0.15) is 16.8 Å². The van der Waals surface area contributed by atoms with Crippen molar-refractivity contribution in [3.8, 4) is 0 Å². The number of hydrogen-bond acceptors (Lipinski definition) is 3. The fourth-order valence-corrected chi connectivity index (χ4v) is 2.14. The van der Waals surface area contributed by atoms with Gasteiger partial charge in [0, 0.05) is 0 Å². The molecule has 0 aliphatic heterocycles. The van der Waals surface area contributed by atoms with E-state index in [9.17, 15) is 0 Å². The molecular weight excluding hydrogens is 226 g/mol. The lowest BCUT2D eigenvalue weighted by molar-refractivity contribution is 0.692. The van der Waals surface area contributed by atoms with Crippen molar-refractivity contribution < 1.29 is 0 Å². The van der Waals surface area contributed by atoms with Crippen LogP contribution in [0.5, 0.6) is 0 Å². The zero-order valence-corrected chi connectivity index (χ0v) is 10.4. The predicted octanol–water partition coefficient (Wildman–Crippen LogP) is 2.01. The molecule has 0 aliphatic rings. The molecule has 1 aromatic carbocycles.